The lowest BCUT2D eigenvalue weighted by Gasteiger charge is -2.22. The minimum Gasteiger partial charge on any atom is -0.359 e. The maximum Gasteiger partial charge on any atom is 0.416 e. The van der Waals surface area contributed by atoms with E-state index in [1.54, 1.807) is 13.0 Å². The number of hydrogen-bond acceptors (Lipinski definition) is 4. The van der Waals surface area contributed by atoms with Gasteiger partial charge < -0.3 is 9.80 Å². The third-order valence-corrected chi connectivity index (χ3v) is 5.03. The van der Waals surface area contributed by atoms with Crippen LogP contribution in [0.2, 0.25) is 0 Å². The van der Waals surface area contributed by atoms with Crippen LogP contribution >= 0.6 is 0 Å². The quantitative estimate of drug-likeness (QED) is 0.544. The van der Waals surface area contributed by atoms with Gasteiger partial charge in [0.05, 0.1) is 11.1 Å². The molecule has 0 aliphatic heterocycles. The van der Waals surface area contributed by atoms with Crippen molar-refractivity contribution in [2.75, 3.05) is 39.1 Å². The Morgan fingerprint density at radius 2 is 1.67 bits per heavy atom. The van der Waals surface area contributed by atoms with Gasteiger partial charge in [0.2, 0.25) is 0 Å². The number of rotatable bonds is 6. The highest BCUT2D eigenvalue weighted by Gasteiger charge is 2.31. The lowest BCUT2D eigenvalue weighted by atomic mass is 10.0. The number of para-hydroxylation sites is 1. The van der Waals surface area contributed by atoms with Crippen LogP contribution in [0.15, 0.2) is 36.4 Å². The van der Waals surface area contributed by atoms with Gasteiger partial charge >= 0.3 is 6.18 Å². The Bertz CT molecular complexity index is 1040. The first-order valence-electron chi connectivity index (χ1n) is 9.89. The molecule has 0 aliphatic rings. The summed E-state index contributed by atoms with van der Waals surface area (Å²) < 4.78 is 40.0. The van der Waals surface area contributed by atoms with E-state index in [9.17, 15) is 13.2 Å². The Hall–Kier alpha value is -2.67. The summed E-state index contributed by atoms with van der Waals surface area (Å²) >= 11 is 0. The van der Waals surface area contributed by atoms with Crippen LogP contribution in [0, 0.1) is 13.8 Å². The van der Waals surface area contributed by atoms with E-state index < -0.39 is 11.7 Å². The van der Waals surface area contributed by atoms with Gasteiger partial charge in [-0.05, 0) is 76.3 Å². The maximum absolute atomic E-state index is 13.3. The molecule has 0 saturated heterocycles. The van der Waals surface area contributed by atoms with Gasteiger partial charge in [0.25, 0.3) is 0 Å². The van der Waals surface area contributed by atoms with E-state index in [-0.39, 0.29) is 0 Å². The molecule has 1 heterocycles. The van der Waals surface area contributed by atoms with E-state index in [2.05, 4.69) is 14.8 Å². The summed E-state index contributed by atoms with van der Waals surface area (Å²) in [4.78, 5) is 13.5. The predicted molar refractivity (Wildman–Crippen MR) is 116 cm³/mol. The van der Waals surface area contributed by atoms with Gasteiger partial charge in [0.1, 0.15) is 5.82 Å². The highest BCUT2D eigenvalue weighted by Crippen LogP contribution is 2.34. The predicted octanol–water partition coefficient (Wildman–Crippen LogP) is 5.32. The van der Waals surface area contributed by atoms with Crippen molar-refractivity contribution >= 4 is 16.7 Å². The fraction of sp³-hybridized carbons (Fsp3) is 0.391. The van der Waals surface area contributed by atoms with Crippen LogP contribution in [0.5, 0.6) is 0 Å². The molecular weight excluding hydrogens is 389 g/mol. The molecule has 0 amide bonds. The van der Waals surface area contributed by atoms with Gasteiger partial charge in [-0.3, -0.25) is 0 Å². The molecule has 3 aromatic rings. The fourth-order valence-electron chi connectivity index (χ4n) is 3.51. The van der Waals surface area contributed by atoms with Gasteiger partial charge in [-0.1, -0.05) is 12.1 Å². The Balaban J connectivity index is 2.13. The van der Waals surface area contributed by atoms with E-state index in [0.717, 1.165) is 53.9 Å². The number of nitrogens with zero attached hydrogens (tertiary/aromatic N) is 4. The Labute approximate surface area is 175 Å². The molecule has 4 nitrogen and oxygen atoms in total. The first-order chi connectivity index (χ1) is 14.1. The van der Waals surface area contributed by atoms with Crippen molar-refractivity contribution in [3.8, 4) is 11.4 Å². The number of halogens is 3. The number of hydrogen-bond donors (Lipinski definition) is 0. The summed E-state index contributed by atoms with van der Waals surface area (Å²) in [6.07, 6.45) is -3.47. The molecule has 0 bridgehead atoms. The van der Waals surface area contributed by atoms with Crippen LogP contribution in [-0.4, -0.2) is 49.1 Å². The fourth-order valence-corrected chi connectivity index (χ4v) is 3.51. The number of anilines is 1. The number of aromatic nitrogens is 2. The highest BCUT2D eigenvalue weighted by molar-refractivity contribution is 5.93. The van der Waals surface area contributed by atoms with Crippen LogP contribution in [0.25, 0.3) is 22.3 Å². The van der Waals surface area contributed by atoms with Gasteiger partial charge in [-0.2, -0.15) is 13.2 Å². The molecule has 0 atom stereocenters. The van der Waals surface area contributed by atoms with Crippen LogP contribution in [0.3, 0.4) is 0 Å². The second-order valence-corrected chi connectivity index (χ2v) is 8.01. The molecule has 0 aliphatic carbocycles. The summed E-state index contributed by atoms with van der Waals surface area (Å²) in [5.74, 6) is 1.04. The van der Waals surface area contributed by atoms with Crippen molar-refractivity contribution in [1.82, 2.24) is 14.9 Å². The molecule has 0 spiro atoms. The molecule has 0 radical (unpaired) electrons. The number of benzene rings is 2. The van der Waals surface area contributed by atoms with Crippen molar-refractivity contribution in [3.05, 3.63) is 53.1 Å². The largest absolute Gasteiger partial charge is 0.416 e. The molecule has 30 heavy (non-hydrogen) atoms. The molecule has 3 rings (SSSR count). The summed E-state index contributed by atoms with van der Waals surface area (Å²) in [6, 6.07) is 9.83. The van der Waals surface area contributed by atoms with Crippen molar-refractivity contribution in [2.24, 2.45) is 0 Å². The summed E-state index contributed by atoms with van der Waals surface area (Å²) in [6.45, 7) is 5.32. The Morgan fingerprint density at radius 3 is 2.33 bits per heavy atom. The van der Waals surface area contributed by atoms with Crippen molar-refractivity contribution < 1.29 is 13.2 Å². The number of alkyl halides is 3. The molecule has 7 heteroatoms. The van der Waals surface area contributed by atoms with Gasteiger partial charge in [-0.25, -0.2) is 9.97 Å². The Morgan fingerprint density at radius 1 is 0.933 bits per heavy atom. The minimum atomic E-state index is -4.42. The molecular formula is C23H27F3N4. The van der Waals surface area contributed by atoms with Crippen LogP contribution in [0.1, 0.15) is 23.1 Å². The summed E-state index contributed by atoms with van der Waals surface area (Å²) in [5, 5.41) is 0.898. The summed E-state index contributed by atoms with van der Waals surface area (Å²) in [5.41, 5.74) is 1.92. The number of fused-ring (bicyclic) bond motifs is 1. The zero-order chi connectivity index (χ0) is 22.1. The maximum atomic E-state index is 13.3. The highest BCUT2D eigenvalue weighted by atomic mass is 19.4. The monoisotopic (exact) mass is 416 g/mol. The van der Waals surface area contributed by atoms with Crippen LogP contribution < -0.4 is 4.90 Å². The van der Waals surface area contributed by atoms with Gasteiger partial charge in [0.15, 0.2) is 5.82 Å². The third kappa shape index (κ3) is 4.90. The van der Waals surface area contributed by atoms with Crippen molar-refractivity contribution in [2.45, 2.75) is 26.4 Å². The zero-order valence-electron chi connectivity index (χ0n) is 18.0. The van der Waals surface area contributed by atoms with Crippen molar-refractivity contribution in [3.63, 3.8) is 0 Å². The van der Waals surface area contributed by atoms with E-state index in [4.69, 9.17) is 4.98 Å². The SMILES string of the molecule is Cc1cc(-c2nc(N(C)CCCN(C)C)c3cccc(C)c3n2)cc(C(F)(F)F)c1. The first kappa shape index (κ1) is 22.0. The minimum absolute atomic E-state index is 0.306. The van der Waals surface area contributed by atoms with Gasteiger partial charge in [0, 0.05) is 24.5 Å². The smallest absolute Gasteiger partial charge is 0.359 e. The second kappa shape index (κ2) is 8.60. The standard InChI is InChI=1S/C23H27F3N4/c1-15-12-17(14-18(13-15)23(24,25)26)21-27-20-16(2)8-6-9-19(20)22(28-21)30(5)11-7-10-29(3)4/h6,8-9,12-14H,7,10-11H2,1-5H3. The lowest BCUT2D eigenvalue weighted by Crippen LogP contribution is -2.24. The molecule has 0 fully saturated rings. The van der Waals surface area contributed by atoms with Crippen LogP contribution in [-0.2, 0) is 6.18 Å². The molecule has 0 unspecified atom stereocenters. The molecule has 0 N–H and O–H groups in total. The molecule has 1 aromatic heterocycles. The van der Waals surface area contributed by atoms with Gasteiger partial charge in [-0.15, -0.1) is 0 Å². The van der Waals surface area contributed by atoms with E-state index in [0.29, 0.717) is 17.0 Å². The molecule has 2 aromatic carbocycles. The molecule has 160 valence electrons. The topological polar surface area (TPSA) is 32.3 Å². The zero-order valence-corrected chi connectivity index (χ0v) is 18.0. The molecule has 0 saturated carbocycles. The number of aryl methyl sites for hydroxylation is 2. The third-order valence-electron chi connectivity index (χ3n) is 5.03. The normalized spacial score (nSPS) is 12.0. The van der Waals surface area contributed by atoms with E-state index >= 15 is 0 Å². The average molecular weight is 416 g/mol. The first-order valence-corrected chi connectivity index (χ1v) is 9.89. The lowest BCUT2D eigenvalue weighted by molar-refractivity contribution is -0.137. The van der Waals surface area contributed by atoms with E-state index in [1.807, 2.05) is 46.3 Å². The van der Waals surface area contributed by atoms with Crippen LogP contribution in [0.4, 0.5) is 19.0 Å². The average Bonchev–Trinajstić information content (AvgIpc) is 2.66. The summed E-state index contributed by atoms with van der Waals surface area (Å²) in [7, 11) is 6.01. The van der Waals surface area contributed by atoms with E-state index in [1.165, 1.54) is 0 Å². The Kier molecular flexibility index (Phi) is 6.31. The second-order valence-electron chi connectivity index (χ2n) is 8.01. The van der Waals surface area contributed by atoms with Crippen molar-refractivity contribution in [1.29, 1.82) is 0 Å².